The number of ketones is 1. The van der Waals surface area contributed by atoms with E-state index in [1.807, 2.05) is 43.3 Å². The van der Waals surface area contributed by atoms with E-state index >= 15 is 0 Å². The van der Waals surface area contributed by atoms with Gasteiger partial charge in [-0.15, -0.1) is 0 Å². The van der Waals surface area contributed by atoms with Gasteiger partial charge in [0.05, 0.1) is 19.3 Å². The molecule has 0 aliphatic rings. The molecule has 0 fully saturated rings. The van der Waals surface area contributed by atoms with E-state index in [0.717, 1.165) is 11.5 Å². The predicted molar refractivity (Wildman–Crippen MR) is 107 cm³/mol. The lowest BCUT2D eigenvalue weighted by Gasteiger charge is -2.06. The molecule has 3 aromatic rings. The number of carbonyl (C=O) groups excluding carboxylic acids is 1. The van der Waals surface area contributed by atoms with Crippen LogP contribution in [0.15, 0.2) is 71.2 Å². The quantitative estimate of drug-likeness (QED) is 0.380. The molecule has 0 atom stereocenters. The van der Waals surface area contributed by atoms with Crippen molar-refractivity contribution in [2.45, 2.75) is 13.5 Å². The lowest BCUT2D eigenvalue weighted by molar-refractivity contribution is 0.104. The van der Waals surface area contributed by atoms with Gasteiger partial charge in [-0.2, -0.15) is 0 Å². The fourth-order valence-corrected chi connectivity index (χ4v) is 2.61. The number of benzene rings is 2. The smallest absolute Gasteiger partial charge is 0.189 e. The Bertz CT molecular complexity index is 938. The van der Waals surface area contributed by atoms with Crippen molar-refractivity contribution in [2.75, 3.05) is 13.7 Å². The lowest BCUT2D eigenvalue weighted by Crippen LogP contribution is -1.98. The summed E-state index contributed by atoms with van der Waals surface area (Å²) in [5.41, 5.74) is 0.506. The van der Waals surface area contributed by atoms with Crippen LogP contribution in [0.3, 0.4) is 0 Å². The van der Waals surface area contributed by atoms with Gasteiger partial charge >= 0.3 is 0 Å². The molecule has 0 N–H and O–H groups in total. The van der Waals surface area contributed by atoms with E-state index in [9.17, 15) is 4.79 Å². The Labute approximate surface area is 164 Å². The SMILES string of the molecule is CCOc1ccc(OCc2ccc(/C=C/C(=O)c3ccccc3OC)o2)cc1. The molecule has 0 aliphatic heterocycles. The molecule has 0 spiro atoms. The van der Waals surface area contributed by atoms with Gasteiger partial charge in [0.2, 0.25) is 0 Å². The summed E-state index contributed by atoms with van der Waals surface area (Å²) in [6, 6.07) is 18.1. The number of hydrogen-bond acceptors (Lipinski definition) is 5. The summed E-state index contributed by atoms with van der Waals surface area (Å²) in [6.07, 6.45) is 3.10. The van der Waals surface area contributed by atoms with E-state index in [2.05, 4.69) is 0 Å². The Kier molecular flexibility index (Phi) is 6.52. The monoisotopic (exact) mass is 378 g/mol. The maximum Gasteiger partial charge on any atom is 0.189 e. The molecule has 0 radical (unpaired) electrons. The van der Waals surface area contributed by atoms with Gasteiger partial charge < -0.3 is 18.6 Å². The molecule has 28 heavy (non-hydrogen) atoms. The molecule has 0 aliphatic carbocycles. The largest absolute Gasteiger partial charge is 0.496 e. The first-order valence-electron chi connectivity index (χ1n) is 8.99. The van der Waals surface area contributed by atoms with Gasteiger partial charge in [-0.3, -0.25) is 4.79 Å². The molecule has 0 unspecified atom stereocenters. The van der Waals surface area contributed by atoms with E-state index in [-0.39, 0.29) is 5.78 Å². The van der Waals surface area contributed by atoms with Crippen LogP contribution in [0.25, 0.3) is 6.08 Å². The normalized spacial score (nSPS) is 10.8. The summed E-state index contributed by atoms with van der Waals surface area (Å²) < 4.78 is 22.0. The highest BCUT2D eigenvalue weighted by Crippen LogP contribution is 2.21. The van der Waals surface area contributed by atoms with Gasteiger partial charge in [0.1, 0.15) is 35.4 Å². The second kappa shape index (κ2) is 9.46. The average molecular weight is 378 g/mol. The van der Waals surface area contributed by atoms with E-state index in [0.29, 0.717) is 36.0 Å². The first-order valence-corrected chi connectivity index (χ1v) is 8.99. The number of rotatable bonds is 9. The van der Waals surface area contributed by atoms with Crippen LogP contribution in [0.5, 0.6) is 17.2 Å². The highest BCUT2D eigenvalue weighted by Gasteiger charge is 2.09. The van der Waals surface area contributed by atoms with Crippen molar-refractivity contribution in [3.8, 4) is 17.2 Å². The number of para-hydroxylation sites is 1. The number of carbonyl (C=O) groups is 1. The number of hydrogen-bond donors (Lipinski definition) is 0. The van der Waals surface area contributed by atoms with E-state index in [1.54, 1.807) is 37.5 Å². The zero-order valence-corrected chi connectivity index (χ0v) is 15.9. The van der Waals surface area contributed by atoms with Crippen molar-refractivity contribution in [1.29, 1.82) is 0 Å². The molecular weight excluding hydrogens is 356 g/mol. The van der Waals surface area contributed by atoms with Crippen molar-refractivity contribution in [3.05, 3.63) is 83.8 Å². The lowest BCUT2D eigenvalue weighted by atomic mass is 10.1. The molecule has 0 amide bonds. The Morgan fingerprint density at radius 2 is 1.68 bits per heavy atom. The van der Waals surface area contributed by atoms with Gasteiger partial charge in [-0.1, -0.05) is 12.1 Å². The molecule has 0 saturated heterocycles. The van der Waals surface area contributed by atoms with Gasteiger partial charge in [0, 0.05) is 0 Å². The molecule has 0 saturated carbocycles. The van der Waals surface area contributed by atoms with Crippen LogP contribution in [0, 0.1) is 0 Å². The summed E-state index contributed by atoms with van der Waals surface area (Å²) in [6.45, 7) is 2.86. The Morgan fingerprint density at radius 3 is 2.39 bits per heavy atom. The Hall–Kier alpha value is -3.47. The number of allylic oxidation sites excluding steroid dienone is 1. The molecule has 1 aromatic heterocycles. The second-order valence-electron chi connectivity index (χ2n) is 5.90. The standard InChI is InChI=1S/C23H22O5/c1-3-26-17-8-10-18(11-9-17)27-16-20-13-12-19(28-20)14-15-22(24)21-6-4-5-7-23(21)25-2/h4-15H,3,16H2,1-2H3/b15-14+. The number of ether oxygens (including phenoxy) is 3. The summed E-state index contributed by atoms with van der Waals surface area (Å²) in [5, 5.41) is 0. The van der Waals surface area contributed by atoms with E-state index in [4.69, 9.17) is 18.6 Å². The minimum Gasteiger partial charge on any atom is -0.496 e. The minimum atomic E-state index is -0.152. The number of furan rings is 1. The van der Waals surface area contributed by atoms with E-state index in [1.165, 1.54) is 6.08 Å². The highest BCUT2D eigenvalue weighted by atomic mass is 16.5. The Morgan fingerprint density at radius 1 is 0.964 bits per heavy atom. The Balaban J connectivity index is 1.57. The van der Waals surface area contributed by atoms with Gasteiger partial charge in [-0.05, 0) is 67.6 Å². The second-order valence-corrected chi connectivity index (χ2v) is 5.90. The minimum absolute atomic E-state index is 0.152. The third kappa shape index (κ3) is 5.04. The summed E-state index contributed by atoms with van der Waals surface area (Å²) >= 11 is 0. The van der Waals surface area contributed by atoms with Gasteiger partial charge in [0.15, 0.2) is 5.78 Å². The summed E-state index contributed by atoms with van der Waals surface area (Å²) in [4.78, 5) is 12.3. The van der Waals surface area contributed by atoms with Crippen molar-refractivity contribution in [3.63, 3.8) is 0 Å². The maximum absolute atomic E-state index is 12.3. The first kappa shape index (κ1) is 19.3. The number of methoxy groups -OCH3 is 1. The average Bonchev–Trinajstić information content (AvgIpc) is 3.19. The highest BCUT2D eigenvalue weighted by molar-refractivity contribution is 6.08. The topological polar surface area (TPSA) is 57.9 Å². The third-order valence-electron chi connectivity index (χ3n) is 3.97. The van der Waals surface area contributed by atoms with Crippen molar-refractivity contribution in [1.82, 2.24) is 0 Å². The van der Waals surface area contributed by atoms with Crippen LogP contribution < -0.4 is 14.2 Å². The predicted octanol–water partition coefficient (Wildman–Crippen LogP) is 5.16. The molecule has 5 heteroatoms. The van der Waals surface area contributed by atoms with Gasteiger partial charge in [0.25, 0.3) is 0 Å². The fraction of sp³-hybridized carbons (Fsp3) is 0.174. The first-order chi connectivity index (χ1) is 13.7. The van der Waals surface area contributed by atoms with Gasteiger partial charge in [-0.25, -0.2) is 0 Å². The molecule has 0 bridgehead atoms. The zero-order chi connectivity index (χ0) is 19.8. The third-order valence-corrected chi connectivity index (χ3v) is 3.97. The van der Waals surface area contributed by atoms with Crippen LogP contribution in [-0.2, 0) is 6.61 Å². The molecule has 3 rings (SSSR count). The summed E-state index contributed by atoms with van der Waals surface area (Å²) in [5.74, 6) is 3.16. The van der Waals surface area contributed by atoms with Crippen LogP contribution in [0.2, 0.25) is 0 Å². The maximum atomic E-state index is 12.3. The molecule has 144 valence electrons. The van der Waals surface area contributed by atoms with Crippen LogP contribution in [0.1, 0.15) is 28.8 Å². The molecule has 2 aromatic carbocycles. The van der Waals surface area contributed by atoms with E-state index < -0.39 is 0 Å². The van der Waals surface area contributed by atoms with Crippen LogP contribution >= 0.6 is 0 Å². The molecular formula is C23H22O5. The van der Waals surface area contributed by atoms with Crippen LogP contribution in [0.4, 0.5) is 0 Å². The molecule has 1 heterocycles. The molecule has 5 nitrogen and oxygen atoms in total. The van der Waals surface area contributed by atoms with Crippen molar-refractivity contribution >= 4 is 11.9 Å². The van der Waals surface area contributed by atoms with Crippen LogP contribution in [-0.4, -0.2) is 19.5 Å². The fourth-order valence-electron chi connectivity index (χ4n) is 2.61. The summed E-state index contributed by atoms with van der Waals surface area (Å²) in [7, 11) is 1.54. The zero-order valence-electron chi connectivity index (χ0n) is 15.9. The van der Waals surface area contributed by atoms with Crippen molar-refractivity contribution in [2.24, 2.45) is 0 Å². The van der Waals surface area contributed by atoms with Crippen molar-refractivity contribution < 1.29 is 23.4 Å².